The van der Waals surface area contributed by atoms with E-state index in [1.54, 1.807) is 0 Å². The van der Waals surface area contributed by atoms with Crippen LogP contribution in [0.1, 0.15) is 77.0 Å². The molecule has 0 aliphatic carbocycles. The molecule has 25 heavy (non-hydrogen) atoms. The first-order valence-corrected chi connectivity index (χ1v) is 15.0. The summed E-state index contributed by atoms with van der Waals surface area (Å²) in [5, 5.41) is 9.86. The summed E-state index contributed by atoms with van der Waals surface area (Å²) in [6.07, 6.45) is 2.13. The Morgan fingerprint density at radius 2 is 1.16 bits per heavy atom. The number of hydrogen-bond acceptors (Lipinski definition) is 1. The Balaban J connectivity index is 3.40. The van der Waals surface area contributed by atoms with Gasteiger partial charge in [-0.15, -0.1) is 0 Å². The van der Waals surface area contributed by atoms with Gasteiger partial charge in [0.1, 0.15) is 0 Å². The fourth-order valence-corrected chi connectivity index (χ4v) is 4.62. The van der Waals surface area contributed by atoms with E-state index in [1.165, 1.54) is 4.43 Å². The van der Waals surface area contributed by atoms with Crippen molar-refractivity contribution in [2.45, 2.75) is 95.3 Å². The molecule has 0 aliphatic heterocycles. The molecule has 0 fully saturated rings. The topological polar surface area (TPSA) is 20.2 Å². The van der Waals surface area contributed by atoms with Crippen LogP contribution in [-0.2, 0) is 0 Å². The Kier molecular flexibility index (Phi) is 13.7. The minimum absolute atomic E-state index is 0.0850. The smallest absolute Gasteiger partial charge is 0.196 e. The van der Waals surface area contributed by atoms with Crippen molar-refractivity contribution < 1.29 is 27.1 Å². The summed E-state index contributed by atoms with van der Waals surface area (Å²) >= 11 is -0.663. The molecule has 0 radical (unpaired) electrons. The molecule has 0 heterocycles. The SMILES string of the molecule is CI(C)CCCC(O)CCCCCCCCCCC(F)(F)C(F)(F)F. The van der Waals surface area contributed by atoms with E-state index in [-0.39, 0.29) is 12.5 Å². The second-order valence-corrected chi connectivity index (χ2v) is 13.3. The van der Waals surface area contributed by atoms with Crippen LogP contribution >= 0.6 is 19.8 Å². The molecule has 0 aromatic heterocycles. The van der Waals surface area contributed by atoms with Crippen molar-refractivity contribution in [2.75, 3.05) is 14.3 Å². The first-order chi connectivity index (χ1) is 11.6. The van der Waals surface area contributed by atoms with Gasteiger partial charge in [0.05, 0.1) is 0 Å². The van der Waals surface area contributed by atoms with E-state index in [1.807, 2.05) is 0 Å². The molecule has 1 N–H and O–H groups in total. The van der Waals surface area contributed by atoms with Gasteiger partial charge in [0.25, 0.3) is 0 Å². The monoisotopic (exact) mass is 488 g/mol. The number of unbranched alkanes of at least 4 members (excludes halogenated alkanes) is 7. The van der Waals surface area contributed by atoms with Crippen LogP contribution in [0.25, 0.3) is 0 Å². The van der Waals surface area contributed by atoms with Crippen LogP contribution in [0.2, 0.25) is 0 Å². The van der Waals surface area contributed by atoms with Crippen LogP contribution in [0.15, 0.2) is 0 Å². The zero-order valence-corrected chi connectivity index (χ0v) is 17.6. The number of rotatable bonds is 15. The normalized spacial score (nSPS) is 14.6. The van der Waals surface area contributed by atoms with Gasteiger partial charge in [0.15, 0.2) is 0 Å². The molecule has 0 amide bonds. The van der Waals surface area contributed by atoms with Gasteiger partial charge in [-0.1, -0.05) is 0 Å². The van der Waals surface area contributed by atoms with Crippen LogP contribution in [0.5, 0.6) is 0 Å². The minimum atomic E-state index is -5.42. The van der Waals surface area contributed by atoms with Crippen LogP contribution in [0.3, 0.4) is 0 Å². The Labute approximate surface area is 156 Å². The molecule has 154 valence electrons. The van der Waals surface area contributed by atoms with Gasteiger partial charge in [0.2, 0.25) is 0 Å². The Hall–Kier alpha value is 0.340. The molecule has 1 atom stereocenters. The molecule has 1 nitrogen and oxygen atoms in total. The van der Waals surface area contributed by atoms with Crippen LogP contribution in [0.4, 0.5) is 22.0 Å². The molecule has 0 aliphatic rings. The minimum Gasteiger partial charge on any atom is -0.196 e. The number of hydrogen-bond donors (Lipinski definition) is 1. The Morgan fingerprint density at radius 3 is 1.64 bits per heavy atom. The van der Waals surface area contributed by atoms with Gasteiger partial charge in [-0.3, -0.25) is 0 Å². The zero-order chi connectivity index (χ0) is 19.3. The quantitative estimate of drug-likeness (QED) is 0.114. The molecule has 0 bridgehead atoms. The van der Waals surface area contributed by atoms with Crippen molar-refractivity contribution in [3.05, 3.63) is 0 Å². The second kappa shape index (κ2) is 13.5. The van der Waals surface area contributed by atoms with Gasteiger partial charge in [-0.25, -0.2) is 0 Å². The van der Waals surface area contributed by atoms with E-state index in [0.717, 1.165) is 51.4 Å². The van der Waals surface area contributed by atoms with E-state index < -0.39 is 38.3 Å². The molecule has 0 aromatic rings. The third-order valence-corrected chi connectivity index (χ3v) is 7.16. The van der Waals surface area contributed by atoms with Crippen LogP contribution in [0, 0.1) is 0 Å². The Bertz CT molecular complexity index is 321. The Morgan fingerprint density at radius 1 is 0.720 bits per heavy atom. The summed E-state index contributed by atoms with van der Waals surface area (Å²) in [6.45, 7) is 0. The zero-order valence-electron chi connectivity index (χ0n) is 15.5. The van der Waals surface area contributed by atoms with Gasteiger partial charge >= 0.3 is 122 Å². The van der Waals surface area contributed by atoms with E-state index >= 15 is 0 Å². The van der Waals surface area contributed by atoms with Crippen LogP contribution in [-0.4, -0.2) is 37.6 Å². The number of halogens is 6. The van der Waals surface area contributed by atoms with E-state index in [0.29, 0.717) is 12.8 Å². The van der Waals surface area contributed by atoms with Gasteiger partial charge in [0, 0.05) is 6.42 Å². The summed E-state index contributed by atoms with van der Waals surface area (Å²) in [6, 6.07) is 0. The fourth-order valence-electron chi connectivity index (χ4n) is 2.65. The predicted octanol–water partition coefficient (Wildman–Crippen LogP) is 6.99. The maximum absolute atomic E-state index is 12.7. The van der Waals surface area contributed by atoms with Crippen molar-refractivity contribution >= 4 is 19.8 Å². The average molecular weight is 488 g/mol. The van der Waals surface area contributed by atoms with Gasteiger partial charge < -0.3 is 0 Å². The predicted molar refractivity (Wildman–Crippen MR) is 103 cm³/mol. The summed E-state index contributed by atoms with van der Waals surface area (Å²) in [5.74, 6) is -4.55. The number of aliphatic hydroxyl groups is 1. The van der Waals surface area contributed by atoms with Crippen molar-refractivity contribution in [3.8, 4) is 0 Å². The van der Waals surface area contributed by atoms with E-state index in [4.69, 9.17) is 0 Å². The molecular weight excluding hydrogens is 454 g/mol. The molecule has 0 spiro atoms. The van der Waals surface area contributed by atoms with Gasteiger partial charge in [-0.2, -0.15) is 22.0 Å². The summed E-state index contributed by atoms with van der Waals surface area (Å²) in [4.78, 5) is 4.66. The summed E-state index contributed by atoms with van der Waals surface area (Å²) in [7, 11) is 0. The van der Waals surface area contributed by atoms with Crippen molar-refractivity contribution in [1.82, 2.24) is 0 Å². The molecule has 0 saturated carbocycles. The first kappa shape index (κ1) is 25.3. The molecular formula is C18H34F5IO. The molecule has 1 unspecified atom stereocenters. The van der Waals surface area contributed by atoms with E-state index in [2.05, 4.69) is 9.86 Å². The standard InChI is InChI=1S/C18H34F5IO/c1-24(2)15-11-13-16(25)12-9-7-5-3-4-6-8-10-14-17(19,20)18(21,22)23/h16,25H,3-15H2,1-2H3. The fraction of sp³-hybridized carbons (Fsp3) is 1.00. The second-order valence-electron chi connectivity index (χ2n) is 6.97. The van der Waals surface area contributed by atoms with Crippen LogP contribution < -0.4 is 0 Å². The third kappa shape index (κ3) is 14.1. The molecule has 0 rings (SSSR count). The average Bonchev–Trinajstić information content (AvgIpc) is 2.47. The number of alkyl halides is 8. The summed E-state index contributed by atoms with van der Waals surface area (Å²) in [5.41, 5.74) is 0. The van der Waals surface area contributed by atoms with Crippen molar-refractivity contribution in [3.63, 3.8) is 0 Å². The van der Waals surface area contributed by atoms with E-state index in [9.17, 15) is 27.1 Å². The van der Waals surface area contributed by atoms with Gasteiger partial charge in [-0.05, 0) is 6.42 Å². The molecule has 7 heteroatoms. The van der Waals surface area contributed by atoms with Crippen molar-refractivity contribution in [1.29, 1.82) is 0 Å². The third-order valence-electron chi connectivity index (χ3n) is 4.24. The maximum atomic E-state index is 12.7. The van der Waals surface area contributed by atoms with Crippen molar-refractivity contribution in [2.24, 2.45) is 0 Å². The first-order valence-electron chi connectivity index (χ1n) is 9.15. The summed E-state index contributed by atoms with van der Waals surface area (Å²) < 4.78 is 62.6. The number of aliphatic hydroxyl groups excluding tert-OH is 1. The molecule has 0 saturated heterocycles. The molecule has 0 aromatic carbocycles.